The first kappa shape index (κ1) is 14.4. The van der Waals surface area contributed by atoms with Gasteiger partial charge in [0, 0.05) is 19.1 Å². The lowest BCUT2D eigenvalue weighted by Crippen LogP contribution is -2.40. The molecular formula is C15H26N2O2. The Morgan fingerprint density at radius 1 is 1.47 bits per heavy atom. The van der Waals surface area contributed by atoms with Crippen LogP contribution in [-0.4, -0.2) is 42.3 Å². The topological polar surface area (TPSA) is 41.6 Å². The number of nitrogens with zero attached hydrogens (tertiary/aromatic N) is 1. The molecule has 0 unspecified atom stereocenters. The SMILES string of the molecule is CC(C)(C)OC(=O)N1CCC=C(CCNC2CC2)C1. The summed E-state index contributed by atoms with van der Waals surface area (Å²) < 4.78 is 5.42. The second-order valence-corrected chi connectivity index (χ2v) is 6.53. The summed E-state index contributed by atoms with van der Waals surface area (Å²) in [5.41, 5.74) is 0.941. The van der Waals surface area contributed by atoms with Crippen molar-refractivity contribution in [3.8, 4) is 0 Å². The molecule has 0 atom stereocenters. The monoisotopic (exact) mass is 266 g/mol. The van der Waals surface area contributed by atoms with Crippen molar-refractivity contribution in [3.05, 3.63) is 11.6 Å². The number of rotatable bonds is 4. The Hall–Kier alpha value is -1.03. The van der Waals surface area contributed by atoms with Gasteiger partial charge in [-0.05, 0) is 53.0 Å². The van der Waals surface area contributed by atoms with Crippen molar-refractivity contribution in [3.63, 3.8) is 0 Å². The van der Waals surface area contributed by atoms with E-state index in [0.29, 0.717) is 0 Å². The third-order valence-corrected chi connectivity index (χ3v) is 3.33. The largest absolute Gasteiger partial charge is 0.444 e. The maximum absolute atomic E-state index is 12.0. The number of hydrogen-bond donors (Lipinski definition) is 1. The molecular weight excluding hydrogens is 240 g/mol. The van der Waals surface area contributed by atoms with Crippen LogP contribution in [0.25, 0.3) is 0 Å². The smallest absolute Gasteiger partial charge is 0.410 e. The van der Waals surface area contributed by atoms with Gasteiger partial charge in [0.2, 0.25) is 0 Å². The van der Waals surface area contributed by atoms with Gasteiger partial charge in [0.1, 0.15) is 5.60 Å². The highest BCUT2D eigenvalue weighted by atomic mass is 16.6. The molecule has 1 amide bonds. The van der Waals surface area contributed by atoms with E-state index in [1.165, 1.54) is 18.4 Å². The van der Waals surface area contributed by atoms with Crippen LogP contribution in [0.4, 0.5) is 4.79 Å². The average molecular weight is 266 g/mol. The zero-order chi connectivity index (χ0) is 13.9. The minimum absolute atomic E-state index is 0.187. The third kappa shape index (κ3) is 5.23. The molecule has 2 aliphatic rings. The van der Waals surface area contributed by atoms with E-state index in [4.69, 9.17) is 4.74 Å². The maximum atomic E-state index is 12.0. The highest BCUT2D eigenvalue weighted by molar-refractivity contribution is 5.68. The first-order chi connectivity index (χ1) is 8.94. The molecule has 2 rings (SSSR count). The lowest BCUT2D eigenvalue weighted by molar-refractivity contribution is 0.0261. The molecule has 0 aromatic heterocycles. The number of hydrogen-bond acceptors (Lipinski definition) is 3. The molecule has 1 aliphatic heterocycles. The van der Waals surface area contributed by atoms with Crippen molar-refractivity contribution in [1.29, 1.82) is 0 Å². The Morgan fingerprint density at radius 2 is 2.21 bits per heavy atom. The van der Waals surface area contributed by atoms with Crippen LogP contribution < -0.4 is 5.32 Å². The molecule has 0 saturated heterocycles. The summed E-state index contributed by atoms with van der Waals surface area (Å²) in [7, 11) is 0. The predicted octanol–water partition coefficient (Wildman–Crippen LogP) is 2.70. The summed E-state index contributed by atoms with van der Waals surface area (Å²) in [6, 6.07) is 0.756. The molecule has 108 valence electrons. The fraction of sp³-hybridized carbons (Fsp3) is 0.800. The molecule has 0 bridgehead atoms. The maximum Gasteiger partial charge on any atom is 0.410 e. The Bertz CT molecular complexity index is 354. The molecule has 0 aromatic carbocycles. The van der Waals surface area contributed by atoms with E-state index in [2.05, 4.69) is 11.4 Å². The summed E-state index contributed by atoms with van der Waals surface area (Å²) in [6.45, 7) is 8.25. The molecule has 1 aliphatic carbocycles. The fourth-order valence-electron chi connectivity index (χ4n) is 2.20. The van der Waals surface area contributed by atoms with E-state index >= 15 is 0 Å². The van der Waals surface area contributed by atoms with Crippen LogP contribution in [0.2, 0.25) is 0 Å². The lowest BCUT2D eigenvalue weighted by atomic mass is 10.1. The lowest BCUT2D eigenvalue weighted by Gasteiger charge is -2.30. The quantitative estimate of drug-likeness (QED) is 0.795. The molecule has 19 heavy (non-hydrogen) atoms. The summed E-state index contributed by atoms with van der Waals surface area (Å²) in [5.74, 6) is 0. The number of carbonyl (C=O) groups excluding carboxylic acids is 1. The highest BCUT2D eigenvalue weighted by Crippen LogP contribution is 2.20. The van der Waals surface area contributed by atoms with Gasteiger partial charge >= 0.3 is 6.09 Å². The average Bonchev–Trinajstić information content (AvgIpc) is 3.11. The number of carbonyl (C=O) groups is 1. The Balaban J connectivity index is 1.74. The van der Waals surface area contributed by atoms with Crippen LogP contribution in [0.5, 0.6) is 0 Å². The van der Waals surface area contributed by atoms with Gasteiger partial charge in [-0.3, -0.25) is 0 Å². The molecule has 4 heteroatoms. The summed E-state index contributed by atoms with van der Waals surface area (Å²) in [6.07, 6.45) is 6.71. The van der Waals surface area contributed by atoms with Crippen LogP contribution in [0, 0.1) is 0 Å². The zero-order valence-electron chi connectivity index (χ0n) is 12.4. The minimum Gasteiger partial charge on any atom is -0.444 e. The van der Waals surface area contributed by atoms with Crippen molar-refractivity contribution < 1.29 is 9.53 Å². The first-order valence-corrected chi connectivity index (χ1v) is 7.33. The summed E-state index contributed by atoms with van der Waals surface area (Å²) >= 11 is 0. The molecule has 0 aromatic rings. The molecule has 1 heterocycles. The van der Waals surface area contributed by atoms with Crippen LogP contribution in [0.3, 0.4) is 0 Å². The molecule has 0 radical (unpaired) electrons. The summed E-state index contributed by atoms with van der Waals surface area (Å²) in [4.78, 5) is 13.8. The Labute approximate surface area is 116 Å². The Kier molecular flexibility index (Phi) is 4.50. The van der Waals surface area contributed by atoms with Crippen molar-refractivity contribution in [2.75, 3.05) is 19.6 Å². The van der Waals surface area contributed by atoms with E-state index in [0.717, 1.165) is 38.5 Å². The van der Waals surface area contributed by atoms with Crippen LogP contribution in [0.15, 0.2) is 11.6 Å². The first-order valence-electron chi connectivity index (χ1n) is 7.33. The van der Waals surface area contributed by atoms with Gasteiger partial charge in [0.05, 0.1) is 0 Å². The van der Waals surface area contributed by atoms with Crippen molar-refractivity contribution in [1.82, 2.24) is 10.2 Å². The van der Waals surface area contributed by atoms with E-state index in [9.17, 15) is 4.79 Å². The van der Waals surface area contributed by atoms with Crippen molar-refractivity contribution in [2.24, 2.45) is 0 Å². The zero-order valence-corrected chi connectivity index (χ0v) is 12.4. The Morgan fingerprint density at radius 3 is 2.84 bits per heavy atom. The number of ether oxygens (including phenoxy) is 1. The third-order valence-electron chi connectivity index (χ3n) is 3.33. The standard InChI is InChI=1S/C15H26N2O2/c1-15(2,3)19-14(18)17-10-4-5-12(11-17)8-9-16-13-6-7-13/h5,13,16H,4,6-11H2,1-3H3. The van der Waals surface area contributed by atoms with Gasteiger partial charge < -0.3 is 15.0 Å². The number of nitrogens with one attached hydrogen (secondary N) is 1. The molecule has 4 nitrogen and oxygen atoms in total. The second kappa shape index (κ2) is 5.95. The molecule has 1 N–H and O–H groups in total. The predicted molar refractivity (Wildman–Crippen MR) is 76.1 cm³/mol. The fourth-order valence-corrected chi connectivity index (χ4v) is 2.20. The van der Waals surface area contributed by atoms with Crippen LogP contribution >= 0.6 is 0 Å². The normalized spacial score (nSPS) is 20.2. The van der Waals surface area contributed by atoms with Gasteiger partial charge in [-0.15, -0.1) is 0 Å². The number of amides is 1. The van der Waals surface area contributed by atoms with E-state index in [1.54, 1.807) is 0 Å². The highest BCUT2D eigenvalue weighted by Gasteiger charge is 2.24. The second-order valence-electron chi connectivity index (χ2n) is 6.53. The van der Waals surface area contributed by atoms with Gasteiger partial charge in [-0.25, -0.2) is 4.79 Å². The van der Waals surface area contributed by atoms with E-state index in [1.807, 2.05) is 25.7 Å². The van der Waals surface area contributed by atoms with Gasteiger partial charge in [-0.2, -0.15) is 0 Å². The van der Waals surface area contributed by atoms with E-state index in [-0.39, 0.29) is 6.09 Å². The van der Waals surface area contributed by atoms with Crippen LogP contribution in [-0.2, 0) is 4.74 Å². The van der Waals surface area contributed by atoms with Gasteiger partial charge in [0.15, 0.2) is 0 Å². The van der Waals surface area contributed by atoms with E-state index < -0.39 is 5.60 Å². The van der Waals surface area contributed by atoms with Gasteiger partial charge in [-0.1, -0.05) is 11.6 Å². The van der Waals surface area contributed by atoms with Crippen molar-refractivity contribution >= 4 is 6.09 Å². The molecule has 1 saturated carbocycles. The van der Waals surface area contributed by atoms with Gasteiger partial charge in [0.25, 0.3) is 0 Å². The summed E-state index contributed by atoms with van der Waals surface area (Å²) in [5, 5.41) is 3.51. The minimum atomic E-state index is -0.411. The van der Waals surface area contributed by atoms with Crippen LogP contribution in [0.1, 0.15) is 46.5 Å². The molecule has 1 fully saturated rings. The molecule has 0 spiro atoms. The van der Waals surface area contributed by atoms with Crippen molar-refractivity contribution in [2.45, 2.75) is 58.1 Å².